The maximum Gasteiger partial charge on any atom is 0.260 e. The molecule has 0 aliphatic heterocycles. The minimum Gasteiger partial charge on any atom is -0.321 e. The lowest BCUT2D eigenvalue weighted by molar-refractivity contribution is -0.121. The maximum absolute atomic E-state index is 12.1. The van der Waals surface area contributed by atoms with E-state index in [1.54, 1.807) is 17.1 Å². The zero-order chi connectivity index (χ0) is 17.9. The molecule has 3 rings (SSSR count). The third-order valence-corrected chi connectivity index (χ3v) is 4.02. The van der Waals surface area contributed by atoms with Gasteiger partial charge in [0, 0.05) is 0 Å². The summed E-state index contributed by atoms with van der Waals surface area (Å²) in [5.74, 6) is -0.189. The van der Waals surface area contributed by atoms with Crippen LogP contribution in [0.1, 0.15) is 31.9 Å². The highest BCUT2D eigenvalue weighted by atomic mass is 16.2. The van der Waals surface area contributed by atoms with Gasteiger partial charge < -0.3 is 4.57 Å². The van der Waals surface area contributed by atoms with Crippen LogP contribution in [0.2, 0.25) is 0 Å². The van der Waals surface area contributed by atoms with Crippen molar-refractivity contribution in [2.75, 3.05) is 0 Å². The topological polar surface area (TPSA) is 59.3 Å². The summed E-state index contributed by atoms with van der Waals surface area (Å²) < 4.78 is 1.80. The molecule has 2 aromatic carbocycles. The second-order valence-electron chi connectivity index (χ2n) is 7.03. The Kier molecular flexibility index (Phi) is 4.65. The number of nitrogens with zero attached hydrogens (tertiary/aromatic N) is 3. The fraction of sp³-hybridized carbons (Fsp3) is 0.250. The van der Waals surface area contributed by atoms with Crippen LogP contribution in [0.15, 0.2) is 60.0 Å². The molecule has 5 nitrogen and oxygen atoms in total. The largest absolute Gasteiger partial charge is 0.321 e. The smallest absolute Gasteiger partial charge is 0.260 e. The second kappa shape index (κ2) is 6.89. The molecule has 0 saturated heterocycles. The number of para-hydroxylation sites is 2. The lowest BCUT2D eigenvalue weighted by Gasteiger charge is -2.18. The highest BCUT2D eigenvalue weighted by Crippen LogP contribution is 2.21. The van der Waals surface area contributed by atoms with Gasteiger partial charge in [-0.15, -0.1) is 0 Å². The number of amides is 1. The molecule has 0 aliphatic rings. The zero-order valence-corrected chi connectivity index (χ0v) is 14.7. The van der Waals surface area contributed by atoms with Crippen molar-refractivity contribution in [1.29, 1.82) is 0 Å². The van der Waals surface area contributed by atoms with Gasteiger partial charge in [-0.1, -0.05) is 57.2 Å². The average Bonchev–Trinajstić information content (AvgIpc) is 2.98. The molecule has 128 valence electrons. The molecule has 0 spiro atoms. The molecule has 1 heterocycles. The summed E-state index contributed by atoms with van der Waals surface area (Å²) in [4.78, 5) is 16.3. The van der Waals surface area contributed by atoms with Crippen molar-refractivity contribution in [3.05, 3.63) is 66.0 Å². The van der Waals surface area contributed by atoms with E-state index in [9.17, 15) is 4.79 Å². The summed E-state index contributed by atoms with van der Waals surface area (Å²) in [7, 11) is 0. The number of hydrazone groups is 1. The fourth-order valence-corrected chi connectivity index (χ4v) is 2.57. The maximum atomic E-state index is 12.1. The Balaban J connectivity index is 1.59. The standard InChI is InChI=1S/C20H22N4O/c1-20(2,3)16-10-8-15(9-11-16)12-22-23-19(25)13-24-14-21-17-6-4-5-7-18(17)24/h4-12,14H,13H2,1-3H3,(H,23,25)/b22-12+. The Hall–Kier alpha value is -2.95. The van der Waals surface area contributed by atoms with Crippen LogP contribution in [0.3, 0.4) is 0 Å². The predicted molar refractivity (Wildman–Crippen MR) is 101 cm³/mol. The highest BCUT2D eigenvalue weighted by Gasteiger charge is 2.12. The van der Waals surface area contributed by atoms with Crippen LogP contribution < -0.4 is 5.43 Å². The predicted octanol–water partition coefficient (Wildman–Crippen LogP) is 3.48. The van der Waals surface area contributed by atoms with Gasteiger partial charge in [-0.3, -0.25) is 4.79 Å². The van der Waals surface area contributed by atoms with Gasteiger partial charge in [-0.2, -0.15) is 5.10 Å². The molecule has 1 amide bonds. The molecule has 3 aromatic rings. The van der Waals surface area contributed by atoms with Gasteiger partial charge in [0.2, 0.25) is 0 Å². The van der Waals surface area contributed by atoms with Gasteiger partial charge in [-0.05, 0) is 28.7 Å². The van der Waals surface area contributed by atoms with E-state index in [1.807, 2.05) is 36.4 Å². The number of carbonyl (C=O) groups excluding carboxylic acids is 1. The van der Waals surface area contributed by atoms with Crippen LogP contribution in [0.25, 0.3) is 11.0 Å². The average molecular weight is 334 g/mol. The summed E-state index contributed by atoms with van der Waals surface area (Å²) in [6.07, 6.45) is 3.32. The van der Waals surface area contributed by atoms with Crippen LogP contribution >= 0.6 is 0 Å². The molecule has 25 heavy (non-hydrogen) atoms. The Morgan fingerprint density at radius 3 is 2.60 bits per heavy atom. The fourth-order valence-electron chi connectivity index (χ4n) is 2.57. The molecule has 0 fully saturated rings. The molecule has 0 saturated carbocycles. The Labute approximate surface area is 147 Å². The van der Waals surface area contributed by atoms with E-state index < -0.39 is 0 Å². The van der Waals surface area contributed by atoms with Crippen molar-refractivity contribution >= 4 is 23.2 Å². The minimum atomic E-state index is -0.189. The molecule has 0 atom stereocenters. The summed E-state index contributed by atoms with van der Waals surface area (Å²) in [6.45, 7) is 6.71. The molecule has 1 N–H and O–H groups in total. The number of hydrogen-bond acceptors (Lipinski definition) is 3. The molecule has 0 unspecified atom stereocenters. The minimum absolute atomic E-state index is 0.122. The van der Waals surface area contributed by atoms with Gasteiger partial charge >= 0.3 is 0 Å². The zero-order valence-electron chi connectivity index (χ0n) is 14.7. The van der Waals surface area contributed by atoms with Crippen molar-refractivity contribution in [1.82, 2.24) is 15.0 Å². The number of hydrogen-bond donors (Lipinski definition) is 1. The summed E-state index contributed by atoms with van der Waals surface area (Å²) in [6, 6.07) is 15.9. The van der Waals surface area contributed by atoms with Crippen LogP contribution in [0.5, 0.6) is 0 Å². The first-order valence-electron chi connectivity index (χ1n) is 8.26. The van der Waals surface area contributed by atoms with Crippen molar-refractivity contribution in [3.8, 4) is 0 Å². The van der Waals surface area contributed by atoms with E-state index in [1.165, 1.54) is 5.56 Å². The first kappa shape index (κ1) is 16.9. The normalized spacial score (nSPS) is 12.0. The summed E-state index contributed by atoms with van der Waals surface area (Å²) >= 11 is 0. The van der Waals surface area contributed by atoms with Crippen molar-refractivity contribution < 1.29 is 4.79 Å². The van der Waals surface area contributed by atoms with E-state index in [2.05, 4.69) is 48.4 Å². The van der Waals surface area contributed by atoms with Gasteiger partial charge in [0.15, 0.2) is 0 Å². The Bertz CT molecular complexity index is 901. The first-order chi connectivity index (χ1) is 11.9. The van der Waals surface area contributed by atoms with E-state index in [-0.39, 0.29) is 17.9 Å². The van der Waals surface area contributed by atoms with Crippen molar-refractivity contribution in [2.24, 2.45) is 5.10 Å². The molecule has 0 aliphatic carbocycles. The lowest BCUT2D eigenvalue weighted by atomic mass is 9.87. The summed E-state index contributed by atoms with van der Waals surface area (Å²) in [5.41, 5.74) is 6.70. The second-order valence-corrected chi connectivity index (χ2v) is 7.03. The van der Waals surface area contributed by atoms with Gasteiger partial charge in [0.05, 0.1) is 23.6 Å². The number of benzene rings is 2. The number of fused-ring (bicyclic) bond motifs is 1. The summed E-state index contributed by atoms with van der Waals surface area (Å²) in [5, 5.41) is 4.04. The number of carbonyl (C=O) groups is 1. The van der Waals surface area contributed by atoms with Gasteiger partial charge in [-0.25, -0.2) is 10.4 Å². The van der Waals surface area contributed by atoms with Crippen molar-refractivity contribution in [3.63, 3.8) is 0 Å². The quantitative estimate of drug-likeness (QED) is 0.586. The van der Waals surface area contributed by atoms with Crippen LogP contribution in [0, 0.1) is 0 Å². The van der Waals surface area contributed by atoms with Crippen LogP contribution in [0.4, 0.5) is 0 Å². The van der Waals surface area contributed by atoms with Crippen molar-refractivity contribution in [2.45, 2.75) is 32.7 Å². The van der Waals surface area contributed by atoms with Gasteiger partial charge in [0.25, 0.3) is 5.91 Å². The molecule has 0 radical (unpaired) electrons. The molecular weight excluding hydrogens is 312 g/mol. The van der Waals surface area contributed by atoms with Gasteiger partial charge in [0.1, 0.15) is 6.54 Å². The Morgan fingerprint density at radius 1 is 1.16 bits per heavy atom. The van der Waals surface area contributed by atoms with Crippen LogP contribution in [-0.2, 0) is 16.8 Å². The molecular formula is C20H22N4O. The number of rotatable bonds is 4. The van der Waals surface area contributed by atoms with E-state index in [4.69, 9.17) is 0 Å². The number of aromatic nitrogens is 2. The lowest BCUT2D eigenvalue weighted by Crippen LogP contribution is -2.22. The van der Waals surface area contributed by atoms with E-state index in [0.717, 1.165) is 16.6 Å². The monoisotopic (exact) mass is 334 g/mol. The SMILES string of the molecule is CC(C)(C)c1ccc(/C=N/NC(=O)Cn2cnc3ccccc32)cc1. The third-order valence-electron chi connectivity index (χ3n) is 4.02. The third kappa shape index (κ3) is 4.12. The number of nitrogens with one attached hydrogen (secondary N) is 1. The molecule has 0 bridgehead atoms. The van der Waals surface area contributed by atoms with E-state index >= 15 is 0 Å². The molecule has 5 heteroatoms. The first-order valence-corrected chi connectivity index (χ1v) is 8.26. The Morgan fingerprint density at radius 2 is 1.88 bits per heavy atom. The highest BCUT2D eigenvalue weighted by molar-refractivity contribution is 5.83. The van der Waals surface area contributed by atoms with Crippen LogP contribution in [-0.4, -0.2) is 21.7 Å². The van der Waals surface area contributed by atoms with E-state index in [0.29, 0.717) is 0 Å². The number of imidazole rings is 1. The molecule has 1 aromatic heterocycles.